The Labute approximate surface area is 90.5 Å². The van der Waals surface area contributed by atoms with Gasteiger partial charge in [-0.25, -0.2) is 0 Å². The summed E-state index contributed by atoms with van der Waals surface area (Å²) in [5.41, 5.74) is 7.81. The predicted octanol–water partition coefficient (Wildman–Crippen LogP) is 1.92. The fourth-order valence-corrected chi connectivity index (χ4v) is 1.24. The summed E-state index contributed by atoms with van der Waals surface area (Å²) in [4.78, 5) is 0. The van der Waals surface area contributed by atoms with E-state index in [9.17, 15) is 0 Å². The lowest BCUT2D eigenvalue weighted by molar-refractivity contribution is 0.304. The quantitative estimate of drug-likeness (QED) is 0.815. The number of nitriles is 1. The van der Waals surface area contributed by atoms with Gasteiger partial charge >= 0.3 is 0 Å². The second-order valence-corrected chi connectivity index (χ2v) is 3.57. The molecule has 0 heterocycles. The maximum atomic E-state index is 8.50. The Morgan fingerprint density at radius 3 is 2.87 bits per heavy atom. The molecule has 3 nitrogen and oxygen atoms in total. The lowest BCUT2D eigenvalue weighted by Gasteiger charge is -2.11. The van der Waals surface area contributed by atoms with E-state index in [1.54, 1.807) is 0 Å². The standard InChI is InChI=1S/C12H16N2O/c1-9-4-3-5-12(10(9)2)15-7-6-11(14)8-13/h3-5,11H,6-7,14H2,1-2H3. The van der Waals surface area contributed by atoms with Crippen LogP contribution in [0.15, 0.2) is 18.2 Å². The molecule has 0 aromatic heterocycles. The van der Waals surface area contributed by atoms with Gasteiger partial charge in [-0.2, -0.15) is 5.26 Å². The van der Waals surface area contributed by atoms with Crippen molar-refractivity contribution in [3.63, 3.8) is 0 Å². The molecule has 0 aliphatic rings. The van der Waals surface area contributed by atoms with Crippen LogP contribution in [0.25, 0.3) is 0 Å². The van der Waals surface area contributed by atoms with Crippen LogP contribution in [0.3, 0.4) is 0 Å². The molecule has 2 N–H and O–H groups in total. The minimum atomic E-state index is -0.435. The van der Waals surface area contributed by atoms with Crippen molar-refractivity contribution in [3.8, 4) is 11.8 Å². The van der Waals surface area contributed by atoms with Gasteiger partial charge in [0.15, 0.2) is 0 Å². The van der Waals surface area contributed by atoms with Crippen molar-refractivity contribution in [2.75, 3.05) is 6.61 Å². The van der Waals surface area contributed by atoms with Crippen LogP contribution in [0.1, 0.15) is 17.5 Å². The Kier molecular flexibility index (Phi) is 4.14. The zero-order valence-corrected chi connectivity index (χ0v) is 9.16. The smallest absolute Gasteiger partial charge is 0.122 e. The van der Waals surface area contributed by atoms with Crippen LogP contribution >= 0.6 is 0 Å². The largest absolute Gasteiger partial charge is 0.493 e. The third-order valence-corrected chi connectivity index (χ3v) is 2.41. The van der Waals surface area contributed by atoms with Crippen LogP contribution in [0.2, 0.25) is 0 Å². The molecule has 0 bridgehead atoms. The molecule has 0 saturated carbocycles. The molecule has 1 atom stereocenters. The molecule has 0 amide bonds. The first-order valence-corrected chi connectivity index (χ1v) is 4.99. The van der Waals surface area contributed by atoms with Crippen molar-refractivity contribution >= 4 is 0 Å². The molecule has 1 aromatic carbocycles. The van der Waals surface area contributed by atoms with Crippen molar-refractivity contribution < 1.29 is 4.74 Å². The molecule has 0 saturated heterocycles. The number of nitrogens with two attached hydrogens (primary N) is 1. The summed E-state index contributed by atoms with van der Waals surface area (Å²) in [7, 11) is 0. The molecule has 1 rings (SSSR count). The summed E-state index contributed by atoms with van der Waals surface area (Å²) >= 11 is 0. The van der Waals surface area contributed by atoms with Gasteiger partial charge in [0.05, 0.1) is 18.7 Å². The molecule has 80 valence electrons. The molecule has 0 aliphatic carbocycles. The van der Waals surface area contributed by atoms with E-state index in [-0.39, 0.29) is 0 Å². The topological polar surface area (TPSA) is 59.0 Å². The summed E-state index contributed by atoms with van der Waals surface area (Å²) in [5.74, 6) is 0.875. The molecule has 15 heavy (non-hydrogen) atoms. The Morgan fingerprint density at radius 1 is 1.47 bits per heavy atom. The Hall–Kier alpha value is -1.53. The highest BCUT2D eigenvalue weighted by molar-refractivity contribution is 5.38. The zero-order valence-electron chi connectivity index (χ0n) is 9.16. The van der Waals surface area contributed by atoms with Crippen molar-refractivity contribution in [3.05, 3.63) is 29.3 Å². The van der Waals surface area contributed by atoms with E-state index in [1.165, 1.54) is 5.56 Å². The molecule has 3 heteroatoms. The molecular weight excluding hydrogens is 188 g/mol. The normalized spacial score (nSPS) is 11.9. The van der Waals surface area contributed by atoms with Crippen molar-refractivity contribution in [1.82, 2.24) is 0 Å². The Bertz CT molecular complexity index is 368. The molecule has 0 radical (unpaired) electrons. The van der Waals surface area contributed by atoms with Crippen LogP contribution < -0.4 is 10.5 Å². The van der Waals surface area contributed by atoms with E-state index in [0.29, 0.717) is 13.0 Å². The summed E-state index contributed by atoms with van der Waals surface area (Å²) in [5, 5.41) is 8.50. The highest BCUT2D eigenvalue weighted by atomic mass is 16.5. The van der Waals surface area contributed by atoms with Gasteiger partial charge in [-0.05, 0) is 31.0 Å². The molecule has 1 unspecified atom stereocenters. The molecule has 0 aliphatic heterocycles. The number of rotatable bonds is 4. The maximum Gasteiger partial charge on any atom is 0.122 e. The van der Waals surface area contributed by atoms with Crippen molar-refractivity contribution in [1.29, 1.82) is 5.26 Å². The van der Waals surface area contributed by atoms with Crippen LogP contribution in [-0.2, 0) is 0 Å². The van der Waals surface area contributed by atoms with Crippen LogP contribution in [0.4, 0.5) is 0 Å². The van der Waals surface area contributed by atoms with E-state index in [4.69, 9.17) is 15.7 Å². The number of benzene rings is 1. The van der Waals surface area contributed by atoms with Gasteiger partial charge in [-0.15, -0.1) is 0 Å². The van der Waals surface area contributed by atoms with Crippen molar-refractivity contribution in [2.24, 2.45) is 5.73 Å². The highest BCUT2D eigenvalue weighted by Gasteiger charge is 2.03. The lowest BCUT2D eigenvalue weighted by atomic mass is 10.1. The SMILES string of the molecule is Cc1cccc(OCCC(N)C#N)c1C. The van der Waals surface area contributed by atoms with E-state index in [2.05, 4.69) is 0 Å². The summed E-state index contributed by atoms with van der Waals surface area (Å²) in [6, 6.07) is 7.48. The first-order chi connectivity index (χ1) is 7.15. The van der Waals surface area contributed by atoms with Crippen LogP contribution in [-0.4, -0.2) is 12.6 Å². The molecule has 1 aromatic rings. The second kappa shape index (κ2) is 5.38. The first kappa shape index (κ1) is 11.5. The summed E-state index contributed by atoms with van der Waals surface area (Å²) in [6.45, 7) is 4.55. The highest BCUT2D eigenvalue weighted by Crippen LogP contribution is 2.20. The average Bonchev–Trinajstić information content (AvgIpc) is 2.24. The third kappa shape index (κ3) is 3.26. The van der Waals surface area contributed by atoms with Gasteiger partial charge in [0, 0.05) is 6.42 Å². The monoisotopic (exact) mass is 204 g/mol. The van der Waals surface area contributed by atoms with E-state index in [0.717, 1.165) is 11.3 Å². The molecule has 0 spiro atoms. The fraction of sp³-hybridized carbons (Fsp3) is 0.417. The number of nitrogens with zero attached hydrogens (tertiary/aromatic N) is 1. The van der Waals surface area contributed by atoms with E-state index < -0.39 is 6.04 Å². The molecule has 0 fully saturated rings. The fourth-order valence-electron chi connectivity index (χ4n) is 1.24. The van der Waals surface area contributed by atoms with Gasteiger partial charge in [0.2, 0.25) is 0 Å². The van der Waals surface area contributed by atoms with Crippen LogP contribution in [0.5, 0.6) is 5.75 Å². The minimum absolute atomic E-state index is 0.435. The van der Waals surface area contributed by atoms with Gasteiger partial charge in [-0.1, -0.05) is 12.1 Å². The number of aryl methyl sites for hydroxylation is 1. The zero-order chi connectivity index (χ0) is 11.3. The molecular formula is C12H16N2O. The van der Waals surface area contributed by atoms with E-state index >= 15 is 0 Å². The third-order valence-electron chi connectivity index (χ3n) is 2.41. The van der Waals surface area contributed by atoms with E-state index in [1.807, 2.05) is 38.1 Å². The first-order valence-electron chi connectivity index (χ1n) is 4.99. The van der Waals surface area contributed by atoms with Gasteiger partial charge in [-0.3, -0.25) is 0 Å². The maximum absolute atomic E-state index is 8.50. The van der Waals surface area contributed by atoms with Crippen molar-refractivity contribution in [2.45, 2.75) is 26.3 Å². The van der Waals surface area contributed by atoms with Crippen LogP contribution in [0, 0.1) is 25.2 Å². The summed E-state index contributed by atoms with van der Waals surface area (Å²) in [6.07, 6.45) is 0.559. The second-order valence-electron chi connectivity index (χ2n) is 3.57. The van der Waals surface area contributed by atoms with Gasteiger partial charge in [0.25, 0.3) is 0 Å². The summed E-state index contributed by atoms with van der Waals surface area (Å²) < 4.78 is 5.56. The lowest BCUT2D eigenvalue weighted by Crippen LogP contribution is -2.20. The average molecular weight is 204 g/mol. The van der Waals surface area contributed by atoms with Gasteiger partial charge in [0.1, 0.15) is 5.75 Å². The Morgan fingerprint density at radius 2 is 2.20 bits per heavy atom. The predicted molar refractivity (Wildman–Crippen MR) is 59.6 cm³/mol. The van der Waals surface area contributed by atoms with Gasteiger partial charge < -0.3 is 10.5 Å². The number of ether oxygens (including phenoxy) is 1. The number of hydrogen-bond acceptors (Lipinski definition) is 3. The Balaban J connectivity index is 2.52. The number of hydrogen-bond donors (Lipinski definition) is 1. The minimum Gasteiger partial charge on any atom is -0.493 e.